The number of nitrogens with one attached hydrogen (secondary N) is 2. The third kappa shape index (κ3) is 4.69. The summed E-state index contributed by atoms with van der Waals surface area (Å²) in [6.07, 6.45) is 1.73. The Kier molecular flexibility index (Phi) is 5.99. The lowest BCUT2D eigenvalue weighted by atomic mass is 10.0. The zero-order chi connectivity index (χ0) is 14.3. The first-order valence-electron chi connectivity index (χ1n) is 6.08. The summed E-state index contributed by atoms with van der Waals surface area (Å²) in [6.45, 7) is 6.72. The molecule has 0 aliphatic carbocycles. The summed E-state index contributed by atoms with van der Waals surface area (Å²) in [5, 5.41) is 6.14. The van der Waals surface area contributed by atoms with Crippen molar-refractivity contribution in [2.45, 2.75) is 12.8 Å². The number of halogens is 2. The van der Waals surface area contributed by atoms with Gasteiger partial charge in [0.2, 0.25) is 0 Å². The van der Waals surface area contributed by atoms with E-state index in [0.29, 0.717) is 19.0 Å². The maximum absolute atomic E-state index is 13.1. The molecule has 3 nitrogen and oxygen atoms in total. The summed E-state index contributed by atoms with van der Waals surface area (Å²) >= 11 is 0. The molecule has 0 radical (unpaired) electrons. The Morgan fingerprint density at radius 3 is 2.68 bits per heavy atom. The summed E-state index contributed by atoms with van der Waals surface area (Å²) in [5.41, 5.74) is 0.741. The van der Waals surface area contributed by atoms with Gasteiger partial charge < -0.3 is 10.6 Å². The van der Waals surface area contributed by atoms with Gasteiger partial charge in [-0.05, 0) is 23.6 Å². The van der Waals surface area contributed by atoms with Crippen LogP contribution in [-0.4, -0.2) is 26.1 Å². The van der Waals surface area contributed by atoms with Crippen molar-refractivity contribution in [3.8, 4) is 0 Å². The molecule has 0 aromatic heterocycles. The standard InChI is InChI=1S/C14H19F2N3/c1-4-7-18-14(17-3)19-9-10(2)11-5-6-12(15)13(16)8-11/h4-6,8,10H,1,7,9H2,2-3H3,(H2,17,18,19). The number of nitrogens with zero attached hydrogens (tertiary/aromatic N) is 1. The molecule has 1 aromatic rings. The molecular formula is C14H19F2N3. The molecule has 104 valence electrons. The van der Waals surface area contributed by atoms with Crippen LogP contribution in [0, 0.1) is 11.6 Å². The molecule has 19 heavy (non-hydrogen) atoms. The highest BCUT2D eigenvalue weighted by atomic mass is 19.2. The van der Waals surface area contributed by atoms with Crippen LogP contribution in [0.2, 0.25) is 0 Å². The van der Waals surface area contributed by atoms with E-state index in [-0.39, 0.29) is 5.92 Å². The lowest BCUT2D eigenvalue weighted by Crippen LogP contribution is -2.39. The Morgan fingerprint density at radius 1 is 1.37 bits per heavy atom. The summed E-state index contributed by atoms with van der Waals surface area (Å²) in [4.78, 5) is 4.04. The average Bonchev–Trinajstić information content (AvgIpc) is 2.41. The lowest BCUT2D eigenvalue weighted by molar-refractivity contribution is 0.505. The number of hydrogen-bond donors (Lipinski definition) is 2. The van der Waals surface area contributed by atoms with Crippen LogP contribution in [0.15, 0.2) is 35.8 Å². The van der Waals surface area contributed by atoms with E-state index >= 15 is 0 Å². The van der Waals surface area contributed by atoms with Crippen molar-refractivity contribution in [1.29, 1.82) is 0 Å². The minimum Gasteiger partial charge on any atom is -0.356 e. The first-order chi connectivity index (χ1) is 9.08. The van der Waals surface area contributed by atoms with E-state index in [9.17, 15) is 8.78 Å². The largest absolute Gasteiger partial charge is 0.356 e. The van der Waals surface area contributed by atoms with Gasteiger partial charge >= 0.3 is 0 Å². The number of hydrogen-bond acceptors (Lipinski definition) is 1. The Morgan fingerprint density at radius 2 is 2.11 bits per heavy atom. The maximum atomic E-state index is 13.1. The summed E-state index contributed by atoms with van der Waals surface area (Å²) in [5.74, 6) is -0.961. The summed E-state index contributed by atoms with van der Waals surface area (Å²) in [7, 11) is 1.67. The molecule has 1 aromatic carbocycles. The zero-order valence-corrected chi connectivity index (χ0v) is 11.2. The van der Waals surface area contributed by atoms with Crippen LogP contribution >= 0.6 is 0 Å². The minimum absolute atomic E-state index is 0.0392. The van der Waals surface area contributed by atoms with Crippen molar-refractivity contribution in [2.75, 3.05) is 20.1 Å². The molecule has 1 atom stereocenters. The third-order valence-electron chi connectivity index (χ3n) is 2.73. The van der Waals surface area contributed by atoms with Gasteiger partial charge in [0, 0.05) is 20.1 Å². The van der Waals surface area contributed by atoms with Gasteiger partial charge in [0.05, 0.1) is 0 Å². The predicted molar refractivity (Wildman–Crippen MR) is 74.3 cm³/mol. The van der Waals surface area contributed by atoms with Gasteiger partial charge in [0.15, 0.2) is 17.6 Å². The fourth-order valence-corrected chi connectivity index (χ4v) is 1.58. The van der Waals surface area contributed by atoms with Crippen molar-refractivity contribution in [1.82, 2.24) is 10.6 Å². The van der Waals surface area contributed by atoms with Crippen molar-refractivity contribution >= 4 is 5.96 Å². The Bertz CT molecular complexity index is 458. The van der Waals surface area contributed by atoms with Gasteiger partial charge in [-0.15, -0.1) is 6.58 Å². The van der Waals surface area contributed by atoms with E-state index in [2.05, 4.69) is 22.2 Å². The number of rotatable bonds is 5. The number of guanidine groups is 1. The summed E-state index contributed by atoms with van der Waals surface area (Å²) < 4.78 is 26.0. The Labute approximate surface area is 112 Å². The second-order valence-electron chi connectivity index (χ2n) is 4.20. The second kappa shape index (κ2) is 7.51. The van der Waals surface area contributed by atoms with E-state index in [4.69, 9.17) is 0 Å². The van der Waals surface area contributed by atoms with E-state index < -0.39 is 11.6 Å². The molecule has 0 saturated carbocycles. The highest BCUT2D eigenvalue weighted by molar-refractivity contribution is 5.79. The quantitative estimate of drug-likeness (QED) is 0.488. The van der Waals surface area contributed by atoms with Crippen molar-refractivity contribution < 1.29 is 8.78 Å². The smallest absolute Gasteiger partial charge is 0.191 e. The van der Waals surface area contributed by atoms with Gasteiger partial charge in [0.1, 0.15) is 0 Å². The van der Waals surface area contributed by atoms with Gasteiger partial charge in [-0.3, -0.25) is 4.99 Å². The zero-order valence-electron chi connectivity index (χ0n) is 11.2. The van der Waals surface area contributed by atoms with E-state index in [1.807, 2.05) is 6.92 Å². The van der Waals surface area contributed by atoms with Crippen LogP contribution in [0.25, 0.3) is 0 Å². The van der Waals surface area contributed by atoms with Gasteiger partial charge in [-0.2, -0.15) is 0 Å². The molecule has 0 spiro atoms. The highest BCUT2D eigenvalue weighted by Gasteiger charge is 2.09. The van der Waals surface area contributed by atoms with Gasteiger partial charge in [-0.25, -0.2) is 8.78 Å². The average molecular weight is 267 g/mol. The molecule has 1 unspecified atom stereocenters. The fourth-order valence-electron chi connectivity index (χ4n) is 1.58. The minimum atomic E-state index is -0.827. The number of benzene rings is 1. The first kappa shape index (κ1) is 15.1. The fraction of sp³-hybridized carbons (Fsp3) is 0.357. The number of aliphatic imine (C=N–C) groups is 1. The Hall–Kier alpha value is -1.91. The second-order valence-corrected chi connectivity index (χ2v) is 4.20. The van der Waals surface area contributed by atoms with Crippen LogP contribution in [-0.2, 0) is 0 Å². The molecular weight excluding hydrogens is 248 g/mol. The molecule has 0 aliphatic heterocycles. The van der Waals surface area contributed by atoms with Crippen LogP contribution in [0.4, 0.5) is 8.78 Å². The topological polar surface area (TPSA) is 36.4 Å². The first-order valence-corrected chi connectivity index (χ1v) is 6.08. The van der Waals surface area contributed by atoms with Crippen LogP contribution in [0.3, 0.4) is 0 Å². The van der Waals surface area contributed by atoms with Crippen molar-refractivity contribution in [3.63, 3.8) is 0 Å². The molecule has 0 bridgehead atoms. The van der Waals surface area contributed by atoms with E-state index in [1.54, 1.807) is 19.2 Å². The lowest BCUT2D eigenvalue weighted by Gasteiger charge is -2.16. The highest BCUT2D eigenvalue weighted by Crippen LogP contribution is 2.17. The molecule has 0 heterocycles. The third-order valence-corrected chi connectivity index (χ3v) is 2.73. The van der Waals surface area contributed by atoms with Gasteiger partial charge in [-0.1, -0.05) is 19.1 Å². The Balaban J connectivity index is 2.56. The van der Waals surface area contributed by atoms with Crippen LogP contribution in [0.1, 0.15) is 18.4 Å². The molecule has 0 amide bonds. The molecule has 0 saturated heterocycles. The molecule has 2 N–H and O–H groups in total. The summed E-state index contributed by atoms with van der Waals surface area (Å²) in [6, 6.07) is 3.96. The van der Waals surface area contributed by atoms with E-state index in [1.165, 1.54) is 6.07 Å². The van der Waals surface area contributed by atoms with Crippen molar-refractivity contribution in [3.05, 3.63) is 48.1 Å². The maximum Gasteiger partial charge on any atom is 0.191 e. The van der Waals surface area contributed by atoms with Gasteiger partial charge in [0.25, 0.3) is 0 Å². The van der Waals surface area contributed by atoms with E-state index in [0.717, 1.165) is 11.6 Å². The van der Waals surface area contributed by atoms with Crippen LogP contribution < -0.4 is 10.6 Å². The SMILES string of the molecule is C=CCNC(=NC)NCC(C)c1ccc(F)c(F)c1. The normalized spacial score (nSPS) is 12.9. The molecule has 5 heteroatoms. The predicted octanol–water partition coefficient (Wildman–Crippen LogP) is 2.42. The van der Waals surface area contributed by atoms with Crippen molar-refractivity contribution in [2.24, 2.45) is 4.99 Å². The monoisotopic (exact) mass is 267 g/mol. The van der Waals surface area contributed by atoms with Crippen LogP contribution in [0.5, 0.6) is 0 Å². The molecule has 0 aliphatic rings. The molecule has 0 fully saturated rings. The molecule has 1 rings (SSSR count).